The van der Waals surface area contributed by atoms with Gasteiger partial charge in [-0.1, -0.05) is 30.3 Å². The van der Waals surface area contributed by atoms with Crippen molar-refractivity contribution < 1.29 is 0 Å². The first kappa shape index (κ1) is 13.8. The van der Waals surface area contributed by atoms with Crippen LogP contribution in [0.5, 0.6) is 0 Å². The molecular weight excluding hydrogens is 280 g/mol. The molecule has 3 rings (SSSR count). The lowest BCUT2D eigenvalue weighted by Gasteiger charge is -2.13. The summed E-state index contributed by atoms with van der Waals surface area (Å²) in [4.78, 5) is 12.8. The minimum atomic E-state index is -0.0373. The second-order valence-electron chi connectivity index (χ2n) is 5.15. The molecule has 3 nitrogen and oxygen atoms in total. The molecule has 0 unspecified atom stereocenters. The van der Waals surface area contributed by atoms with Crippen LogP contribution in [0.1, 0.15) is 19.9 Å². The van der Waals surface area contributed by atoms with Gasteiger partial charge in [-0.15, -0.1) is 0 Å². The quantitative estimate of drug-likeness (QED) is 0.725. The fraction of sp³-hybridized carbons (Fsp3) is 0.176. The first-order chi connectivity index (χ1) is 10.2. The first-order valence-corrected chi connectivity index (χ1v) is 7.82. The zero-order chi connectivity index (χ0) is 14.8. The van der Waals surface area contributed by atoms with Gasteiger partial charge in [0, 0.05) is 5.56 Å². The molecule has 0 saturated carbocycles. The van der Waals surface area contributed by atoms with Crippen molar-refractivity contribution in [2.24, 2.45) is 0 Å². The van der Waals surface area contributed by atoms with Crippen LogP contribution in [0.25, 0.3) is 22.3 Å². The van der Waals surface area contributed by atoms with Crippen LogP contribution in [0.2, 0.25) is 0 Å². The van der Waals surface area contributed by atoms with E-state index < -0.39 is 0 Å². The van der Waals surface area contributed by atoms with Gasteiger partial charge in [0.1, 0.15) is 0 Å². The highest BCUT2D eigenvalue weighted by atomic mass is 32.1. The molecule has 0 aliphatic heterocycles. The van der Waals surface area contributed by atoms with Crippen LogP contribution in [0, 0.1) is 0 Å². The molecule has 2 heterocycles. The van der Waals surface area contributed by atoms with E-state index in [0.29, 0.717) is 0 Å². The van der Waals surface area contributed by atoms with Gasteiger partial charge < -0.3 is 0 Å². The summed E-state index contributed by atoms with van der Waals surface area (Å²) >= 11 is 1.59. The van der Waals surface area contributed by atoms with Crippen LogP contribution in [0.4, 0.5) is 0 Å². The molecule has 0 aliphatic carbocycles. The third-order valence-electron chi connectivity index (χ3n) is 3.39. The molecular formula is C17H16N2OS. The summed E-state index contributed by atoms with van der Waals surface area (Å²) in [5.41, 5.74) is 3.55. The number of thiophene rings is 1. The third-order valence-corrected chi connectivity index (χ3v) is 4.07. The molecule has 1 aromatic carbocycles. The van der Waals surface area contributed by atoms with Crippen LogP contribution >= 0.6 is 11.3 Å². The monoisotopic (exact) mass is 296 g/mol. The average molecular weight is 296 g/mol. The number of aromatic nitrogens is 2. The van der Waals surface area contributed by atoms with Gasteiger partial charge in [0.2, 0.25) is 0 Å². The third kappa shape index (κ3) is 2.54. The molecule has 0 radical (unpaired) electrons. The minimum Gasteiger partial charge on any atom is -0.267 e. The van der Waals surface area contributed by atoms with E-state index in [0.717, 1.165) is 22.3 Å². The van der Waals surface area contributed by atoms with Gasteiger partial charge in [0.15, 0.2) is 0 Å². The van der Waals surface area contributed by atoms with E-state index in [1.807, 2.05) is 61.0 Å². The van der Waals surface area contributed by atoms with Crippen molar-refractivity contribution in [2.45, 2.75) is 19.9 Å². The Morgan fingerprint density at radius 3 is 2.48 bits per heavy atom. The van der Waals surface area contributed by atoms with Crippen LogP contribution in [0.3, 0.4) is 0 Å². The molecule has 106 valence electrons. The molecule has 0 atom stereocenters. The Balaban J connectivity index is 2.31. The number of hydrogen-bond acceptors (Lipinski definition) is 3. The summed E-state index contributed by atoms with van der Waals surface area (Å²) < 4.78 is 1.54. The largest absolute Gasteiger partial charge is 0.275 e. The topological polar surface area (TPSA) is 34.9 Å². The molecule has 0 saturated heterocycles. The molecule has 0 N–H and O–H groups in total. The van der Waals surface area contributed by atoms with Gasteiger partial charge >= 0.3 is 0 Å². The van der Waals surface area contributed by atoms with Crippen molar-refractivity contribution >= 4 is 11.3 Å². The standard InChI is InChI=1S/C17H16N2OS/c1-12(2)19-17(20)16(14-8-9-21-11-14)15(10-18-19)13-6-4-3-5-7-13/h3-12H,1-2H3. The molecule has 21 heavy (non-hydrogen) atoms. The summed E-state index contributed by atoms with van der Waals surface area (Å²) in [6, 6.07) is 12.0. The Kier molecular flexibility index (Phi) is 3.71. The van der Waals surface area contributed by atoms with E-state index in [1.54, 1.807) is 22.2 Å². The minimum absolute atomic E-state index is 0.0373. The summed E-state index contributed by atoms with van der Waals surface area (Å²) in [5, 5.41) is 8.33. The average Bonchev–Trinajstić information content (AvgIpc) is 3.01. The van der Waals surface area contributed by atoms with Gasteiger partial charge in [-0.2, -0.15) is 16.4 Å². The second-order valence-corrected chi connectivity index (χ2v) is 5.93. The summed E-state index contributed by atoms with van der Waals surface area (Å²) in [6.07, 6.45) is 1.80. The fourth-order valence-corrected chi connectivity index (χ4v) is 3.00. The number of rotatable bonds is 3. The van der Waals surface area contributed by atoms with Gasteiger partial charge in [0.25, 0.3) is 5.56 Å². The lowest BCUT2D eigenvalue weighted by Crippen LogP contribution is -2.26. The maximum atomic E-state index is 12.8. The molecule has 0 spiro atoms. The van der Waals surface area contributed by atoms with E-state index in [4.69, 9.17) is 0 Å². The first-order valence-electron chi connectivity index (χ1n) is 6.88. The smallest absolute Gasteiger partial charge is 0.267 e. The fourth-order valence-electron chi connectivity index (χ4n) is 2.36. The van der Waals surface area contributed by atoms with Gasteiger partial charge in [0.05, 0.1) is 17.8 Å². The molecule has 0 aliphatic rings. The van der Waals surface area contributed by atoms with Crippen molar-refractivity contribution in [2.75, 3.05) is 0 Å². The van der Waals surface area contributed by atoms with E-state index in [2.05, 4.69) is 5.10 Å². The predicted octanol–water partition coefficient (Wildman–Crippen LogP) is 4.22. The Labute approximate surface area is 127 Å². The highest BCUT2D eigenvalue weighted by Gasteiger charge is 2.16. The van der Waals surface area contributed by atoms with Gasteiger partial charge in [-0.25, -0.2) is 4.68 Å². The van der Waals surface area contributed by atoms with E-state index in [-0.39, 0.29) is 11.6 Å². The van der Waals surface area contributed by atoms with E-state index >= 15 is 0 Å². The van der Waals surface area contributed by atoms with Crippen LogP contribution in [-0.4, -0.2) is 9.78 Å². The normalized spacial score (nSPS) is 11.0. The lowest BCUT2D eigenvalue weighted by molar-refractivity contribution is 0.504. The van der Waals surface area contributed by atoms with E-state index in [9.17, 15) is 4.79 Å². The molecule has 3 aromatic rings. The predicted molar refractivity (Wildman–Crippen MR) is 87.6 cm³/mol. The highest BCUT2D eigenvalue weighted by molar-refractivity contribution is 7.08. The summed E-state index contributed by atoms with van der Waals surface area (Å²) in [7, 11) is 0. The molecule has 2 aromatic heterocycles. The van der Waals surface area contributed by atoms with E-state index in [1.165, 1.54) is 0 Å². The lowest BCUT2D eigenvalue weighted by atomic mass is 9.99. The van der Waals surface area contributed by atoms with Crippen LogP contribution in [-0.2, 0) is 0 Å². The Hall–Kier alpha value is -2.20. The van der Waals surface area contributed by atoms with Gasteiger partial charge in [-0.05, 0) is 41.8 Å². The molecule has 0 fully saturated rings. The SMILES string of the molecule is CC(C)n1ncc(-c2ccccc2)c(-c2ccsc2)c1=O. The van der Waals surface area contributed by atoms with Crippen molar-refractivity contribution in [1.29, 1.82) is 0 Å². The van der Waals surface area contributed by atoms with Crippen molar-refractivity contribution in [3.8, 4) is 22.3 Å². The number of hydrogen-bond donors (Lipinski definition) is 0. The van der Waals surface area contributed by atoms with Crippen LogP contribution < -0.4 is 5.56 Å². The number of nitrogens with zero attached hydrogens (tertiary/aromatic N) is 2. The van der Waals surface area contributed by atoms with Crippen molar-refractivity contribution in [1.82, 2.24) is 9.78 Å². The summed E-state index contributed by atoms with van der Waals surface area (Å²) in [6.45, 7) is 3.93. The van der Waals surface area contributed by atoms with Crippen molar-refractivity contribution in [3.05, 3.63) is 63.7 Å². The molecule has 0 amide bonds. The zero-order valence-corrected chi connectivity index (χ0v) is 12.8. The Morgan fingerprint density at radius 2 is 1.86 bits per heavy atom. The van der Waals surface area contributed by atoms with Gasteiger partial charge in [-0.3, -0.25) is 4.79 Å². The number of benzene rings is 1. The second kappa shape index (κ2) is 5.66. The Morgan fingerprint density at radius 1 is 1.10 bits per heavy atom. The van der Waals surface area contributed by atoms with Crippen molar-refractivity contribution in [3.63, 3.8) is 0 Å². The molecule has 0 bridgehead atoms. The van der Waals surface area contributed by atoms with Crippen LogP contribution in [0.15, 0.2) is 58.1 Å². The summed E-state index contributed by atoms with van der Waals surface area (Å²) in [5.74, 6) is 0. The maximum absolute atomic E-state index is 12.8. The zero-order valence-electron chi connectivity index (χ0n) is 12.0. The Bertz CT molecular complexity index is 789. The maximum Gasteiger partial charge on any atom is 0.275 e. The molecule has 4 heteroatoms. The highest BCUT2D eigenvalue weighted by Crippen LogP contribution is 2.30.